The van der Waals surface area contributed by atoms with Crippen molar-refractivity contribution in [1.82, 2.24) is 4.90 Å². The fourth-order valence-electron chi connectivity index (χ4n) is 1.82. The predicted octanol–water partition coefficient (Wildman–Crippen LogP) is 0.591. The molecule has 5 nitrogen and oxygen atoms in total. The van der Waals surface area contributed by atoms with Crippen LogP contribution in [0, 0.1) is 11.8 Å². The first-order chi connectivity index (χ1) is 7.41. The Hall–Kier alpha value is -1.10. The van der Waals surface area contributed by atoms with E-state index in [9.17, 15) is 9.59 Å². The summed E-state index contributed by atoms with van der Waals surface area (Å²) in [6.45, 7) is 6.43. The summed E-state index contributed by atoms with van der Waals surface area (Å²) in [5.41, 5.74) is 0. The minimum Gasteiger partial charge on any atom is -0.481 e. The van der Waals surface area contributed by atoms with E-state index >= 15 is 0 Å². The van der Waals surface area contributed by atoms with Gasteiger partial charge in [0.05, 0.1) is 12.0 Å². The van der Waals surface area contributed by atoms with E-state index in [1.54, 1.807) is 4.90 Å². The summed E-state index contributed by atoms with van der Waals surface area (Å²) in [5.74, 6) is -1.37. The Morgan fingerprint density at radius 2 is 2.06 bits per heavy atom. The third-order valence-corrected chi connectivity index (χ3v) is 2.82. The number of carbonyl (C=O) groups is 2. The molecule has 0 radical (unpaired) electrons. The SMILES string of the molecule is CC(C)OCC(=O)N1CC(C)C(C(=O)O)C1. The molecule has 1 aliphatic heterocycles. The van der Waals surface area contributed by atoms with Crippen molar-refractivity contribution in [3.8, 4) is 0 Å². The van der Waals surface area contributed by atoms with E-state index in [0.717, 1.165) is 0 Å². The summed E-state index contributed by atoms with van der Waals surface area (Å²) in [4.78, 5) is 24.1. The van der Waals surface area contributed by atoms with E-state index in [2.05, 4.69) is 0 Å². The normalized spacial score (nSPS) is 25.1. The van der Waals surface area contributed by atoms with E-state index in [0.29, 0.717) is 13.1 Å². The van der Waals surface area contributed by atoms with Crippen LogP contribution in [-0.4, -0.2) is 47.7 Å². The minimum atomic E-state index is -0.826. The summed E-state index contributed by atoms with van der Waals surface area (Å²) in [7, 11) is 0. The van der Waals surface area contributed by atoms with Gasteiger partial charge in [0.2, 0.25) is 5.91 Å². The number of carbonyl (C=O) groups excluding carboxylic acids is 1. The van der Waals surface area contributed by atoms with Crippen molar-refractivity contribution in [1.29, 1.82) is 0 Å². The van der Waals surface area contributed by atoms with Crippen molar-refractivity contribution in [2.75, 3.05) is 19.7 Å². The lowest BCUT2D eigenvalue weighted by Gasteiger charge is -2.16. The van der Waals surface area contributed by atoms with Crippen LogP contribution in [0.2, 0.25) is 0 Å². The fraction of sp³-hybridized carbons (Fsp3) is 0.818. The van der Waals surface area contributed by atoms with Gasteiger partial charge < -0.3 is 14.7 Å². The number of hydrogen-bond acceptors (Lipinski definition) is 3. The number of carboxylic acid groups (broad SMARTS) is 1. The topological polar surface area (TPSA) is 66.8 Å². The number of likely N-dealkylation sites (tertiary alicyclic amines) is 1. The van der Waals surface area contributed by atoms with Gasteiger partial charge >= 0.3 is 5.97 Å². The van der Waals surface area contributed by atoms with Crippen LogP contribution in [0.15, 0.2) is 0 Å². The standard InChI is InChI=1S/C11H19NO4/c1-7(2)16-6-10(13)12-4-8(3)9(5-12)11(14)15/h7-9H,4-6H2,1-3H3,(H,14,15). The molecule has 1 amide bonds. The molecule has 1 rings (SSSR count). The molecule has 0 aromatic heterocycles. The lowest BCUT2D eigenvalue weighted by atomic mass is 9.99. The second-order valence-electron chi connectivity index (χ2n) is 4.58. The number of hydrogen-bond donors (Lipinski definition) is 1. The zero-order valence-electron chi connectivity index (χ0n) is 9.97. The molecule has 2 unspecified atom stereocenters. The van der Waals surface area contributed by atoms with Gasteiger partial charge in [-0.2, -0.15) is 0 Å². The number of ether oxygens (including phenoxy) is 1. The summed E-state index contributed by atoms with van der Waals surface area (Å²) < 4.78 is 5.21. The average Bonchev–Trinajstić information content (AvgIpc) is 2.56. The monoisotopic (exact) mass is 229 g/mol. The largest absolute Gasteiger partial charge is 0.481 e. The Kier molecular flexibility index (Phi) is 4.29. The van der Waals surface area contributed by atoms with E-state index in [-0.39, 0.29) is 24.5 Å². The molecule has 0 aromatic carbocycles. The molecule has 16 heavy (non-hydrogen) atoms. The molecule has 0 aliphatic carbocycles. The molecular formula is C11H19NO4. The van der Waals surface area contributed by atoms with Crippen LogP contribution >= 0.6 is 0 Å². The highest BCUT2D eigenvalue weighted by molar-refractivity contribution is 5.79. The van der Waals surface area contributed by atoms with Crippen LogP contribution in [0.5, 0.6) is 0 Å². The highest BCUT2D eigenvalue weighted by Gasteiger charge is 2.36. The van der Waals surface area contributed by atoms with Gasteiger partial charge in [-0.05, 0) is 19.8 Å². The van der Waals surface area contributed by atoms with Crippen LogP contribution in [0.3, 0.4) is 0 Å². The Morgan fingerprint density at radius 1 is 1.44 bits per heavy atom. The number of nitrogens with zero attached hydrogens (tertiary/aromatic N) is 1. The zero-order valence-corrected chi connectivity index (χ0v) is 9.97. The van der Waals surface area contributed by atoms with E-state index in [1.165, 1.54) is 0 Å². The van der Waals surface area contributed by atoms with Gasteiger partial charge in [-0.3, -0.25) is 9.59 Å². The molecule has 1 N–H and O–H groups in total. The molecule has 1 aliphatic rings. The van der Waals surface area contributed by atoms with E-state index < -0.39 is 11.9 Å². The second kappa shape index (κ2) is 5.30. The van der Waals surface area contributed by atoms with Crippen molar-refractivity contribution in [3.63, 3.8) is 0 Å². The van der Waals surface area contributed by atoms with Crippen molar-refractivity contribution in [2.24, 2.45) is 11.8 Å². The molecule has 0 spiro atoms. The van der Waals surface area contributed by atoms with Crippen LogP contribution in [0.1, 0.15) is 20.8 Å². The van der Waals surface area contributed by atoms with E-state index in [4.69, 9.17) is 9.84 Å². The Labute approximate surface area is 95.4 Å². The zero-order chi connectivity index (χ0) is 12.3. The number of amides is 1. The van der Waals surface area contributed by atoms with Crippen LogP contribution in [-0.2, 0) is 14.3 Å². The van der Waals surface area contributed by atoms with Crippen molar-refractivity contribution >= 4 is 11.9 Å². The van der Waals surface area contributed by atoms with E-state index in [1.807, 2.05) is 20.8 Å². The number of aliphatic carboxylic acids is 1. The average molecular weight is 229 g/mol. The molecule has 1 saturated heterocycles. The van der Waals surface area contributed by atoms with Gasteiger partial charge in [0.15, 0.2) is 0 Å². The molecule has 5 heteroatoms. The fourth-order valence-corrected chi connectivity index (χ4v) is 1.82. The molecule has 92 valence electrons. The van der Waals surface area contributed by atoms with Crippen LogP contribution in [0.4, 0.5) is 0 Å². The van der Waals surface area contributed by atoms with Gasteiger partial charge in [-0.15, -0.1) is 0 Å². The molecule has 0 aromatic rings. The van der Waals surface area contributed by atoms with Gasteiger partial charge in [0.25, 0.3) is 0 Å². The van der Waals surface area contributed by atoms with Gasteiger partial charge in [-0.25, -0.2) is 0 Å². The second-order valence-corrected chi connectivity index (χ2v) is 4.58. The lowest BCUT2D eigenvalue weighted by molar-refractivity contribution is -0.142. The number of rotatable bonds is 4. The Morgan fingerprint density at radius 3 is 2.50 bits per heavy atom. The Bertz CT molecular complexity index is 277. The lowest BCUT2D eigenvalue weighted by Crippen LogP contribution is -2.33. The van der Waals surface area contributed by atoms with Crippen molar-refractivity contribution in [3.05, 3.63) is 0 Å². The first-order valence-corrected chi connectivity index (χ1v) is 5.54. The van der Waals surface area contributed by atoms with Gasteiger partial charge in [-0.1, -0.05) is 6.92 Å². The van der Waals surface area contributed by atoms with Crippen LogP contribution in [0.25, 0.3) is 0 Å². The maximum absolute atomic E-state index is 11.7. The molecule has 0 saturated carbocycles. The summed E-state index contributed by atoms with van der Waals surface area (Å²) in [6, 6.07) is 0. The Balaban J connectivity index is 2.45. The quantitative estimate of drug-likeness (QED) is 0.766. The highest BCUT2D eigenvalue weighted by atomic mass is 16.5. The number of carboxylic acids is 1. The summed E-state index contributed by atoms with van der Waals surface area (Å²) >= 11 is 0. The molecule has 0 bridgehead atoms. The summed E-state index contributed by atoms with van der Waals surface area (Å²) in [6.07, 6.45) is 0.0132. The molecule has 1 fully saturated rings. The minimum absolute atomic E-state index is 0.0132. The maximum atomic E-state index is 11.7. The van der Waals surface area contributed by atoms with Gasteiger partial charge in [0, 0.05) is 13.1 Å². The first kappa shape index (κ1) is 13.0. The molecule has 2 atom stereocenters. The maximum Gasteiger partial charge on any atom is 0.308 e. The smallest absolute Gasteiger partial charge is 0.308 e. The molecule has 1 heterocycles. The van der Waals surface area contributed by atoms with Crippen molar-refractivity contribution in [2.45, 2.75) is 26.9 Å². The first-order valence-electron chi connectivity index (χ1n) is 5.54. The van der Waals surface area contributed by atoms with Gasteiger partial charge in [0.1, 0.15) is 6.61 Å². The molecular weight excluding hydrogens is 210 g/mol. The van der Waals surface area contributed by atoms with Crippen molar-refractivity contribution < 1.29 is 19.4 Å². The third kappa shape index (κ3) is 3.20. The predicted molar refractivity (Wildman–Crippen MR) is 58.0 cm³/mol. The van der Waals surface area contributed by atoms with Crippen LogP contribution < -0.4 is 0 Å². The summed E-state index contributed by atoms with van der Waals surface area (Å²) in [5, 5.41) is 8.93. The highest BCUT2D eigenvalue weighted by Crippen LogP contribution is 2.23. The third-order valence-electron chi connectivity index (χ3n) is 2.82.